The maximum absolute atomic E-state index is 11.4. The molecule has 2 rings (SSSR count). The minimum Gasteiger partial charge on any atom is -0.317 e. The van der Waals surface area contributed by atoms with Gasteiger partial charge in [-0.3, -0.25) is 0 Å². The van der Waals surface area contributed by atoms with Crippen LogP contribution in [-0.2, 0) is 6.42 Å². The lowest BCUT2D eigenvalue weighted by atomic mass is 10.2. The summed E-state index contributed by atoms with van der Waals surface area (Å²) >= 11 is 0. The van der Waals surface area contributed by atoms with E-state index in [1.54, 1.807) is 6.92 Å². The fourth-order valence-electron chi connectivity index (χ4n) is 1.68. The Morgan fingerprint density at radius 1 is 1.62 bits per heavy atom. The topological polar surface area (TPSA) is 75.1 Å². The van der Waals surface area contributed by atoms with E-state index in [0.29, 0.717) is 17.5 Å². The third kappa shape index (κ3) is 1.83. The largest absolute Gasteiger partial charge is 0.349 e. The van der Waals surface area contributed by atoms with Crippen molar-refractivity contribution in [2.24, 2.45) is 0 Å². The van der Waals surface area contributed by atoms with E-state index in [0.717, 1.165) is 12.1 Å². The van der Waals surface area contributed by atoms with Gasteiger partial charge in [0.1, 0.15) is 5.82 Å². The van der Waals surface area contributed by atoms with Gasteiger partial charge in [-0.1, -0.05) is 0 Å². The third-order valence-electron chi connectivity index (χ3n) is 2.63. The monoisotopic (exact) mass is 221 g/mol. The van der Waals surface area contributed by atoms with Crippen molar-refractivity contribution in [3.8, 4) is 0 Å². The van der Waals surface area contributed by atoms with Crippen LogP contribution in [0.1, 0.15) is 18.4 Å². The molecule has 86 valence electrons. The molecule has 0 aliphatic rings. The molecule has 6 heteroatoms. The minimum absolute atomic E-state index is 0.242. The third-order valence-corrected chi connectivity index (χ3v) is 2.63. The Hall–Kier alpha value is -1.69. The van der Waals surface area contributed by atoms with Crippen molar-refractivity contribution in [3.05, 3.63) is 28.1 Å². The fraction of sp³-hybridized carbons (Fsp3) is 0.500. The van der Waals surface area contributed by atoms with Crippen LogP contribution in [0.25, 0.3) is 5.65 Å². The Kier molecular flexibility index (Phi) is 2.74. The molecule has 1 unspecified atom stereocenters. The first-order chi connectivity index (χ1) is 7.61. The molecule has 0 aliphatic heterocycles. The highest BCUT2D eigenvalue weighted by Crippen LogP contribution is 2.05. The molecule has 0 spiro atoms. The molecular weight excluding hydrogens is 206 g/mol. The maximum atomic E-state index is 11.4. The SMILES string of the molecule is CNC(C)Cc1cc2n[nH]c(=O)n2c(C)n1. The van der Waals surface area contributed by atoms with Gasteiger partial charge in [0.15, 0.2) is 5.65 Å². The van der Waals surface area contributed by atoms with Gasteiger partial charge in [-0.25, -0.2) is 19.3 Å². The summed E-state index contributed by atoms with van der Waals surface area (Å²) < 4.78 is 1.47. The standard InChI is InChI=1S/C10H15N5O/c1-6(11-3)4-8-5-9-13-14-10(16)15(9)7(2)12-8/h5-6,11H,4H2,1-3H3,(H,14,16). The number of fused-ring (bicyclic) bond motifs is 1. The van der Waals surface area contributed by atoms with Gasteiger partial charge in [-0.15, -0.1) is 0 Å². The zero-order valence-electron chi connectivity index (χ0n) is 9.61. The highest BCUT2D eigenvalue weighted by Gasteiger charge is 2.08. The summed E-state index contributed by atoms with van der Waals surface area (Å²) in [6.07, 6.45) is 0.814. The van der Waals surface area contributed by atoms with Crippen LogP contribution in [0.4, 0.5) is 0 Å². The first-order valence-electron chi connectivity index (χ1n) is 5.22. The predicted molar refractivity (Wildman–Crippen MR) is 60.6 cm³/mol. The first kappa shape index (κ1) is 10.8. The molecule has 1 atom stereocenters. The van der Waals surface area contributed by atoms with E-state index in [-0.39, 0.29) is 5.69 Å². The summed E-state index contributed by atoms with van der Waals surface area (Å²) in [7, 11) is 1.91. The van der Waals surface area contributed by atoms with Crippen molar-refractivity contribution in [1.82, 2.24) is 24.9 Å². The summed E-state index contributed by atoms with van der Waals surface area (Å²) in [5, 5.41) is 9.50. The fourth-order valence-corrected chi connectivity index (χ4v) is 1.68. The van der Waals surface area contributed by atoms with E-state index in [1.165, 1.54) is 4.40 Å². The van der Waals surface area contributed by atoms with Crippen molar-refractivity contribution in [1.29, 1.82) is 0 Å². The quantitative estimate of drug-likeness (QED) is 0.757. The molecule has 2 aromatic heterocycles. The van der Waals surface area contributed by atoms with Crippen LogP contribution in [0, 0.1) is 6.92 Å². The molecule has 0 saturated heterocycles. The van der Waals surface area contributed by atoms with Gasteiger partial charge in [-0.05, 0) is 20.9 Å². The number of aromatic amines is 1. The molecule has 16 heavy (non-hydrogen) atoms. The molecule has 2 aromatic rings. The Morgan fingerprint density at radius 3 is 3.06 bits per heavy atom. The molecule has 0 saturated carbocycles. The smallest absolute Gasteiger partial charge is 0.317 e. The molecule has 0 radical (unpaired) electrons. The van der Waals surface area contributed by atoms with Crippen molar-refractivity contribution in [3.63, 3.8) is 0 Å². The van der Waals surface area contributed by atoms with Gasteiger partial charge < -0.3 is 5.32 Å². The summed E-state index contributed by atoms with van der Waals surface area (Å²) in [5.74, 6) is 0.662. The van der Waals surface area contributed by atoms with E-state index in [2.05, 4.69) is 27.4 Å². The Labute approximate surface area is 92.7 Å². The van der Waals surface area contributed by atoms with Crippen LogP contribution >= 0.6 is 0 Å². The molecule has 0 amide bonds. The highest BCUT2D eigenvalue weighted by atomic mass is 16.1. The molecular formula is C10H15N5O. The summed E-state index contributed by atoms with van der Waals surface area (Å²) in [6.45, 7) is 3.88. The van der Waals surface area contributed by atoms with Crippen molar-refractivity contribution in [2.75, 3.05) is 7.05 Å². The van der Waals surface area contributed by atoms with Crippen LogP contribution in [-0.4, -0.2) is 32.7 Å². The highest BCUT2D eigenvalue weighted by molar-refractivity contribution is 5.38. The molecule has 0 fully saturated rings. The lowest BCUT2D eigenvalue weighted by Gasteiger charge is -2.09. The summed E-state index contributed by atoms with van der Waals surface area (Å²) in [4.78, 5) is 15.8. The molecule has 6 nitrogen and oxygen atoms in total. The molecule has 0 aromatic carbocycles. The van der Waals surface area contributed by atoms with Crippen LogP contribution in [0.15, 0.2) is 10.9 Å². The van der Waals surface area contributed by atoms with Crippen LogP contribution in [0.3, 0.4) is 0 Å². The minimum atomic E-state index is -0.242. The van der Waals surface area contributed by atoms with Crippen LogP contribution in [0.2, 0.25) is 0 Å². The zero-order valence-corrected chi connectivity index (χ0v) is 9.61. The van der Waals surface area contributed by atoms with E-state index in [4.69, 9.17) is 0 Å². The van der Waals surface area contributed by atoms with Crippen molar-refractivity contribution < 1.29 is 0 Å². The van der Waals surface area contributed by atoms with Gasteiger partial charge in [0.05, 0.1) is 0 Å². The van der Waals surface area contributed by atoms with E-state index in [1.807, 2.05) is 13.1 Å². The summed E-state index contributed by atoms with van der Waals surface area (Å²) in [5.41, 5.74) is 1.31. The van der Waals surface area contributed by atoms with E-state index >= 15 is 0 Å². The van der Waals surface area contributed by atoms with Crippen LogP contribution in [0.5, 0.6) is 0 Å². The number of likely N-dealkylation sites (N-methyl/N-ethyl adjacent to an activating group) is 1. The summed E-state index contributed by atoms with van der Waals surface area (Å²) in [6, 6.07) is 2.18. The predicted octanol–water partition coefficient (Wildman–Crippen LogP) is -0.124. The number of nitrogens with one attached hydrogen (secondary N) is 2. The van der Waals surface area contributed by atoms with E-state index in [9.17, 15) is 4.79 Å². The first-order valence-corrected chi connectivity index (χ1v) is 5.22. The van der Waals surface area contributed by atoms with Crippen molar-refractivity contribution in [2.45, 2.75) is 26.3 Å². The Bertz CT molecular complexity index is 556. The number of aromatic nitrogens is 4. The van der Waals surface area contributed by atoms with Gasteiger partial charge in [0.25, 0.3) is 0 Å². The second kappa shape index (κ2) is 4.05. The van der Waals surface area contributed by atoms with Gasteiger partial charge in [-0.2, -0.15) is 5.10 Å². The number of rotatable bonds is 3. The number of hydrogen-bond acceptors (Lipinski definition) is 4. The average Bonchev–Trinajstić information content (AvgIpc) is 2.60. The average molecular weight is 221 g/mol. The lowest BCUT2D eigenvalue weighted by molar-refractivity contribution is 0.598. The van der Waals surface area contributed by atoms with Crippen LogP contribution < -0.4 is 11.0 Å². The Morgan fingerprint density at radius 2 is 2.38 bits per heavy atom. The van der Waals surface area contributed by atoms with Gasteiger partial charge >= 0.3 is 5.69 Å². The van der Waals surface area contributed by atoms with E-state index < -0.39 is 0 Å². The maximum Gasteiger partial charge on any atom is 0.349 e. The zero-order chi connectivity index (χ0) is 11.7. The number of aryl methyl sites for hydroxylation is 1. The molecule has 2 heterocycles. The number of nitrogens with zero attached hydrogens (tertiary/aromatic N) is 3. The Balaban J connectivity index is 2.46. The van der Waals surface area contributed by atoms with Gasteiger partial charge in [0.2, 0.25) is 0 Å². The normalized spacial score (nSPS) is 13.2. The second-order valence-corrected chi connectivity index (χ2v) is 3.91. The van der Waals surface area contributed by atoms with Gasteiger partial charge in [0, 0.05) is 24.2 Å². The van der Waals surface area contributed by atoms with Crippen molar-refractivity contribution >= 4 is 5.65 Å². The molecule has 2 N–H and O–H groups in total. The lowest BCUT2D eigenvalue weighted by Crippen LogP contribution is -2.24. The molecule has 0 aliphatic carbocycles. The molecule has 0 bridgehead atoms. The second-order valence-electron chi connectivity index (χ2n) is 3.91. The number of H-pyrrole nitrogens is 1. The number of hydrogen-bond donors (Lipinski definition) is 2.